The van der Waals surface area contributed by atoms with Gasteiger partial charge in [0.1, 0.15) is 5.82 Å². The second-order valence-electron chi connectivity index (χ2n) is 6.75. The molecule has 0 atom stereocenters. The normalized spacial score (nSPS) is 14.6. The zero-order chi connectivity index (χ0) is 18.6. The quantitative estimate of drug-likeness (QED) is 0.800. The van der Waals surface area contributed by atoms with Gasteiger partial charge in [-0.1, -0.05) is 6.58 Å². The van der Waals surface area contributed by atoms with Crippen molar-refractivity contribution in [2.45, 2.75) is 32.7 Å². The van der Waals surface area contributed by atoms with E-state index in [0.29, 0.717) is 37.5 Å². The van der Waals surface area contributed by atoms with Crippen molar-refractivity contribution in [3.63, 3.8) is 0 Å². The van der Waals surface area contributed by atoms with Crippen molar-refractivity contribution in [2.24, 2.45) is 0 Å². The van der Waals surface area contributed by atoms with E-state index < -0.39 is 11.6 Å². The number of nitrogens with zero attached hydrogens (tertiary/aromatic N) is 2. The topological polar surface area (TPSA) is 61.9 Å². The number of carbonyl (C=O) groups is 2. The fraction of sp³-hybridized carbons (Fsp3) is 0.444. The monoisotopic (exact) mass is 349 g/mol. The molecule has 1 aliphatic rings. The van der Waals surface area contributed by atoms with Crippen molar-refractivity contribution >= 4 is 17.8 Å². The summed E-state index contributed by atoms with van der Waals surface area (Å²) in [7, 11) is 0. The van der Waals surface area contributed by atoms with Gasteiger partial charge in [0, 0.05) is 30.9 Å². The maximum absolute atomic E-state index is 13.0. The van der Waals surface area contributed by atoms with Gasteiger partial charge in [-0.05, 0) is 51.5 Å². The number of anilines is 1. The largest absolute Gasteiger partial charge is 0.416 e. The fourth-order valence-corrected chi connectivity index (χ4v) is 2.59. The van der Waals surface area contributed by atoms with Gasteiger partial charge >= 0.3 is 12.1 Å². The van der Waals surface area contributed by atoms with E-state index in [1.54, 1.807) is 28.9 Å². The number of amides is 3. The Bertz CT molecular complexity index is 658. The summed E-state index contributed by atoms with van der Waals surface area (Å²) in [5.74, 6) is -0.0142. The molecule has 1 N–H and O–H groups in total. The van der Waals surface area contributed by atoms with Crippen molar-refractivity contribution < 1.29 is 18.7 Å². The number of benzene rings is 1. The Morgan fingerprint density at radius 2 is 1.96 bits per heavy atom. The van der Waals surface area contributed by atoms with Crippen LogP contribution in [0.4, 0.5) is 19.7 Å². The first-order chi connectivity index (χ1) is 11.7. The fourth-order valence-electron chi connectivity index (χ4n) is 2.59. The lowest BCUT2D eigenvalue weighted by molar-refractivity contribution is 0.161. The molecule has 0 aliphatic carbocycles. The van der Waals surface area contributed by atoms with Gasteiger partial charge in [-0.25, -0.2) is 14.0 Å². The third-order valence-electron chi connectivity index (χ3n) is 3.95. The molecular weight excluding hydrogens is 325 g/mol. The Labute approximate surface area is 147 Å². The number of carbonyl (C=O) groups excluding carboxylic acids is 2. The van der Waals surface area contributed by atoms with E-state index in [-0.39, 0.29) is 11.8 Å². The zero-order valence-corrected chi connectivity index (χ0v) is 14.8. The summed E-state index contributed by atoms with van der Waals surface area (Å²) in [6.45, 7) is 10.5. The van der Waals surface area contributed by atoms with Gasteiger partial charge in [0.15, 0.2) is 0 Å². The van der Waals surface area contributed by atoms with E-state index in [1.807, 2.05) is 13.8 Å². The molecule has 1 fully saturated rings. The second-order valence-corrected chi connectivity index (χ2v) is 6.75. The third-order valence-corrected chi connectivity index (χ3v) is 3.95. The van der Waals surface area contributed by atoms with Crippen LogP contribution in [-0.2, 0) is 4.74 Å². The lowest BCUT2D eigenvalue weighted by Crippen LogP contribution is -2.46. The second kappa shape index (κ2) is 7.55. The molecule has 1 aromatic carbocycles. The van der Waals surface area contributed by atoms with Crippen LogP contribution in [0.1, 0.15) is 27.2 Å². The standard InChI is InChI=1S/C18H24FN3O3/c1-13(2)25-16(23)20-18(3,4)9-10-21-11-12-22(17(21)24)15-7-5-14(19)6-8-15/h5-8H,1,9-12H2,2-4H3,(H,20,23). The van der Waals surface area contributed by atoms with Crippen LogP contribution in [0.5, 0.6) is 0 Å². The number of rotatable bonds is 6. The first kappa shape index (κ1) is 18.8. The van der Waals surface area contributed by atoms with Crippen LogP contribution in [0.15, 0.2) is 36.6 Å². The molecule has 25 heavy (non-hydrogen) atoms. The first-order valence-electron chi connectivity index (χ1n) is 8.15. The lowest BCUT2D eigenvalue weighted by atomic mass is 10.0. The van der Waals surface area contributed by atoms with E-state index in [9.17, 15) is 14.0 Å². The highest BCUT2D eigenvalue weighted by Gasteiger charge is 2.31. The zero-order valence-electron chi connectivity index (χ0n) is 14.8. The molecule has 1 saturated heterocycles. The number of hydrogen-bond acceptors (Lipinski definition) is 3. The predicted octanol–water partition coefficient (Wildman–Crippen LogP) is 3.50. The minimum absolute atomic E-state index is 0.119. The molecule has 0 spiro atoms. The van der Waals surface area contributed by atoms with E-state index in [2.05, 4.69) is 11.9 Å². The summed E-state index contributed by atoms with van der Waals surface area (Å²) in [6, 6.07) is 5.75. The number of alkyl carbamates (subject to hydrolysis) is 1. The molecule has 0 radical (unpaired) electrons. The molecule has 1 heterocycles. The minimum atomic E-state index is -0.557. The van der Waals surface area contributed by atoms with Gasteiger partial charge < -0.3 is 15.0 Å². The molecule has 3 amide bonds. The van der Waals surface area contributed by atoms with Crippen LogP contribution in [0.3, 0.4) is 0 Å². The molecule has 0 bridgehead atoms. The van der Waals surface area contributed by atoms with Gasteiger partial charge in [0.2, 0.25) is 0 Å². The molecule has 0 saturated carbocycles. The third kappa shape index (κ3) is 5.20. The van der Waals surface area contributed by atoms with E-state index in [1.165, 1.54) is 12.1 Å². The molecule has 2 rings (SSSR count). The Morgan fingerprint density at radius 3 is 2.56 bits per heavy atom. The Kier molecular flexibility index (Phi) is 5.66. The SMILES string of the molecule is C=C(C)OC(=O)NC(C)(C)CCN1CCN(c2ccc(F)cc2)C1=O. The van der Waals surface area contributed by atoms with Crippen LogP contribution < -0.4 is 10.2 Å². The van der Waals surface area contributed by atoms with Gasteiger partial charge in [0.05, 0.1) is 5.76 Å². The minimum Gasteiger partial charge on any atom is -0.416 e. The number of urea groups is 1. The maximum Gasteiger partial charge on any atom is 0.412 e. The highest BCUT2D eigenvalue weighted by molar-refractivity contribution is 5.94. The number of halogens is 1. The number of ether oxygens (including phenoxy) is 1. The molecule has 0 unspecified atom stereocenters. The highest BCUT2D eigenvalue weighted by Crippen LogP contribution is 2.21. The van der Waals surface area contributed by atoms with Crippen molar-refractivity contribution in [1.29, 1.82) is 0 Å². The van der Waals surface area contributed by atoms with E-state index in [4.69, 9.17) is 4.74 Å². The van der Waals surface area contributed by atoms with Crippen LogP contribution in [0.2, 0.25) is 0 Å². The molecule has 1 aliphatic heterocycles. The van der Waals surface area contributed by atoms with E-state index in [0.717, 1.165) is 0 Å². The summed E-state index contributed by atoms with van der Waals surface area (Å²) in [5, 5.41) is 2.76. The van der Waals surface area contributed by atoms with Crippen LogP contribution in [0.25, 0.3) is 0 Å². The number of allylic oxidation sites excluding steroid dienone is 1. The lowest BCUT2D eigenvalue weighted by Gasteiger charge is -2.28. The number of hydrogen-bond donors (Lipinski definition) is 1. The summed E-state index contributed by atoms with van der Waals surface area (Å²) in [6.07, 6.45) is 0.0135. The smallest absolute Gasteiger partial charge is 0.412 e. The number of nitrogens with one attached hydrogen (secondary N) is 1. The van der Waals surface area contributed by atoms with Crippen LogP contribution >= 0.6 is 0 Å². The Morgan fingerprint density at radius 1 is 1.32 bits per heavy atom. The van der Waals surface area contributed by atoms with Crippen molar-refractivity contribution in [3.05, 3.63) is 42.4 Å². The molecule has 7 heteroatoms. The molecular formula is C18H24FN3O3. The van der Waals surface area contributed by atoms with Crippen LogP contribution in [0, 0.1) is 5.82 Å². The molecule has 136 valence electrons. The average Bonchev–Trinajstić information content (AvgIpc) is 2.86. The molecule has 0 aromatic heterocycles. The van der Waals surface area contributed by atoms with Crippen molar-refractivity contribution in [1.82, 2.24) is 10.2 Å². The Balaban J connectivity index is 1.89. The van der Waals surface area contributed by atoms with Gasteiger partial charge in [-0.3, -0.25) is 4.90 Å². The molecule has 6 nitrogen and oxygen atoms in total. The van der Waals surface area contributed by atoms with Crippen molar-refractivity contribution in [2.75, 3.05) is 24.5 Å². The predicted molar refractivity (Wildman–Crippen MR) is 93.8 cm³/mol. The van der Waals surface area contributed by atoms with Crippen molar-refractivity contribution in [3.8, 4) is 0 Å². The summed E-state index contributed by atoms with van der Waals surface area (Å²) >= 11 is 0. The first-order valence-corrected chi connectivity index (χ1v) is 8.15. The Hall–Kier alpha value is -2.57. The molecule has 1 aromatic rings. The average molecular weight is 349 g/mol. The van der Waals surface area contributed by atoms with Gasteiger partial charge in [-0.2, -0.15) is 0 Å². The summed E-state index contributed by atoms with van der Waals surface area (Å²) < 4.78 is 17.9. The van der Waals surface area contributed by atoms with Crippen LogP contribution in [-0.4, -0.2) is 42.2 Å². The van der Waals surface area contributed by atoms with Gasteiger partial charge in [-0.15, -0.1) is 0 Å². The highest BCUT2D eigenvalue weighted by atomic mass is 19.1. The summed E-state index contributed by atoms with van der Waals surface area (Å²) in [4.78, 5) is 27.5. The maximum atomic E-state index is 13.0. The summed E-state index contributed by atoms with van der Waals surface area (Å²) in [5.41, 5.74) is 0.146. The van der Waals surface area contributed by atoms with Gasteiger partial charge in [0.25, 0.3) is 0 Å². The van der Waals surface area contributed by atoms with E-state index >= 15 is 0 Å².